The molecule has 0 radical (unpaired) electrons. The fourth-order valence-electron chi connectivity index (χ4n) is 3.18. The van der Waals surface area contributed by atoms with E-state index in [4.69, 9.17) is 18.6 Å². The number of aryl methyl sites for hydroxylation is 1. The van der Waals surface area contributed by atoms with Crippen LogP contribution in [0.2, 0.25) is 0 Å². The number of benzene rings is 2. The van der Waals surface area contributed by atoms with Gasteiger partial charge in [-0.25, -0.2) is 4.79 Å². The van der Waals surface area contributed by atoms with Crippen molar-refractivity contribution < 1.29 is 23.4 Å². The van der Waals surface area contributed by atoms with E-state index < -0.39 is 5.63 Å². The highest BCUT2D eigenvalue weighted by atomic mass is 16.7. The zero-order valence-corrected chi connectivity index (χ0v) is 15.5. The fraction of sp³-hybridized carbons (Fsp3) is 0.238. The minimum absolute atomic E-state index is 0.0549. The molecule has 0 fully saturated rings. The molecule has 3 aromatic rings. The van der Waals surface area contributed by atoms with Gasteiger partial charge in [-0.3, -0.25) is 4.79 Å². The second kappa shape index (κ2) is 7.26. The van der Waals surface area contributed by atoms with Crippen molar-refractivity contribution in [1.82, 2.24) is 5.32 Å². The molecule has 2 heterocycles. The SMILES string of the molecule is COc1ccc2c(C)c(CC(=O)NCc3ccc4c(c3)OCO4)c(=O)oc2c1. The van der Waals surface area contributed by atoms with Crippen LogP contribution in [0.25, 0.3) is 11.0 Å². The van der Waals surface area contributed by atoms with E-state index in [0.29, 0.717) is 34.9 Å². The van der Waals surface area contributed by atoms with E-state index in [0.717, 1.165) is 16.5 Å². The zero-order chi connectivity index (χ0) is 19.7. The number of methoxy groups -OCH3 is 1. The Morgan fingerprint density at radius 1 is 1.14 bits per heavy atom. The maximum Gasteiger partial charge on any atom is 0.340 e. The molecule has 0 unspecified atom stereocenters. The van der Waals surface area contributed by atoms with Crippen LogP contribution < -0.4 is 25.2 Å². The Hall–Kier alpha value is -3.48. The van der Waals surface area contributed by atoms with E-state index in [1.807, 2.05) is 25.1 Å². The van der Waals surface area contributed by atoms with Crippen LogP contribution in [-0.2, 0) is 17.8 Å². The highest BCUT2D eigenvalue weighted by Crippen LogP contribution is 2.32. The molecule has 7 heteroatoms. The minimum Gasteiger partial charge on any atom is -0.497 e. The van der Waals surface area contributed by atoms with Crippen molar-refractivity contribution in [2.45, 2.75) is 19.9 Å². The summed E-state index contributed by atoms with van der Waals surface area (Å²) in [6, 6.07) is 10.8. The molecule has 28 heavy (non-hydrogen) atoms. The Morgan fingerprint density at radius 3 is 2.79 bits per heavy atom. The number of nitrogens with one attached hydrogen (secondary N) is 1. The van der Waals surface area contributed by atoms with Gasteiger partial charge in [-0.2, -0.15) is 0 Å². The van der Waals surface area contributed by atoms with Gasteiger partial charge in [0.2, 0.25) is 12.7 Å². The average Bonchev–Trinajstić information content (AvgIpc) is 3.17. The first-order valence-electron chi connectivity index (χ1n) is 8.80. The zero-order valence-electron chi connectivity index (χ0n) is 15.5. The van der Waals surface area contributed by atoms with Gasteiger partial charge in [-0.1, -0.05) is 6.07 Å². The van der Waals surface area contributed by atoms with E-state index in [9.17, 15) is 9.59 Å². The molecule has 1 aliphatic rings. The van der Waals surface area contributed by atoms with E-state index in [2.05, 4.69) is 5.32 Å². The second-order valence-electron chi connectivity index (χ2n) is 6.50. The monoisotopic (exact) mass is 381 g/mol. The van der Waals surface area contributed by atoms with Crippen LogP contribution in [0.3, 0.4) is 0 Å². The molecule has 0 aliphatic carbocycles. The highest BCUT2D eigenvalue weighted by molar-refractivity contribution is 5.85. The molecule has 4 rings (SSSR count). The third-order valence-corrected chi connectivity index (χ3v) is 4.76. The molecule has 7 nitrogen and oxygen atoms in total. The van der Waals surface area contributed by atoms with Crippen molar-refractivity contribution in [3.05, 3.63) is 63.5 Å². The van der Waals surface area contributed by atoms with Crippen molar-refractivity contribution in [2.24, 2.45) is 0 Å². The molecule has 0 saturated carbocycles. The molecule has 1 N–H and O–H groups in total. The lowest BCUT2D eigenvalue weighted by Gasteiger charge is -2.10. The number of carbonyl (C=O) groups excluding carboxylic acids is 1. The number of hydrogen-bond donors (Lipinski definition) is 1. The van der Waals surface area contributed by atoms with Gasteiger partial charge in [-0.15, -0.1) is 0 Å². The van der Waals surface area contributed by atoms with Crippen LogP contribution in [-0.4, -0.2) is 19.8 Å². The van der Waals surface area contributed by atoms with Gasteiger partial charge in [0.25, 0.3) is 0 Å². The van der Waals surface area contributed by atoms with Gasteiger partial charge < -0.3 is 23.9 Å². The molecule has 0 bridgehead atoms. The molecule has 0 saturated heterocycles. The largest absolute Gasteiger partial charge is 0.497 e. The summed E-state index contributed by atoms with van der Waals surface area (Å²) in [6.45, 7) is 2.34. The van der Waals surface area contributed by atoms with Crippen molar-refractivity contribution in [1.29, 1.82) is 0 Å². The van der Waals surface area contributed by atoms with Crippen LogP contribution in [0.5, 0.6) is 17.2 Å². The van der Waals surface area contributed by atoms with E-state index in [1.54, 1.807) is 25.3 Å². The predicted octanol–water partition coefficient (Wildman–Crippen LogP) is 2.70. The maximum absolute atomic E-state index is 12.4. The lowest BCUT2D eigenvalue weighted by atomic mass is 10.0. The number of hydrogen-bond acceptors (Lipinski definition) is 6. The normalized spacial score (nSPS) is 12.2. The maximum atomic E-state index is 12.4. The quantitative estimate of drug-likeness (QED) is 0.684. The lowest BCUT2D eigenvalue weighted by Crippen LogP contribution is -2.27. The summed E-state index contributed by atoms with van der Waals surface area (Å²) in [5.41, 5.74) is 1.88. The first-order chi connectivity index (χ1) is 13.5. The standard InChI is InChI=1S/C21H19NO6/c1-12-15-5-4-14(25-2)8-18(15)28-21(24)16(12)9-20(23)22-10-13-3-6-17-19(7-13)27-11-26-17/h3-8H,9-11H2,1-2H3,(H,22,23). The average molecular weight is 381 g/mol. The number of carbonyl (C=O) groups is 1. The summed E-state index contributed by atoms with van der Waals surface area (Å²) in [4.78, 5) is 24.8. The van der Waals surface area contributed by atoms with Gasteiger partial charge in [-0.05, 0) is 42.3 Å². The van der Waals surface area contributed by atoms with Gasteiger partial charge in [0.1, 0.15) is 11.3 Å². The van der Waals surface area contributed by atoms with E-state index in [-0.39, 0.29) is 19.1 Å². The number of amides is 1. The Morgan fingerprint density at radius 2 is 1.96 bits per heavy atom. The molecular weight excluding hydrogens is 362 g/mol. The fourth-order valence-corrected chi connectivity index (χ4v) is 3.18. The van der Waals surface area contributed by atoms with E-state index in [1.165, 1.54) is 0 Å². The first-order valence-corrected chi connectivity index (χ1v) is 8.80. The van der Waals surface area contributed by atoms with Crippen LogP contribution >= 0.6 is 0 Å². The topological polar surface area (TPSA) is 87.0 Å². The van der Waals surface area contributed by atoms with Crippen LogP contribution in [0.4, 0.5) is 0 Å². The molecule has 0 spiro atoms. The van der Waals surface area contributed by atoms with Crippen LogP contribution in [0.15, 0.2) is 45.6 Å². The third-order valence-electron chi connectivity index (χ3n) is 4.76. The molecule has 0 atom stereocenters. The Bertz CT molecular complexity index is 1120. The molecular formula is C21H19NO6. The number of ether oxygens (including phenoxy) is 3. The van der Waals surface area contributed by atoms with Crippen molar-refractivity contribution >= 4 is 16.9 Å². The molecule has 1 aromatic heterocycles. The molecule has 1 aliphatic heterocycles. The molecule has 2 aromatic carbocycles. The summed E-state index contributed by atoms with van der Waals surface area (Å²) < 4.78 is 21.1. The second-order valence-corrected chi connectivity index (χ2v) is 6.50. The summed E-state index contributed by atoms with van der Waals surface area (Å²) in [6.07, 6.45) is -0.0549. The summed E-state index contributed by atoms with van der Waals surface area (Å²) in [5, 5.41) is 3.60. The first kappa shape index (κ1) is 17.9. The Labute approximate surface area is 160 Å². The van der Waals surface area contributed by atoms with Gasteiger partial charge in [0, 0.05) is 18.0 Å². The summed E-state index contributed by atoms with van der Waals surface area (Å²) >= 11 is 0. The predicted molar refractivity (Wildman–Crippen MR) is 102 cm³/mol. The summed E-state index contributed by atoms with van der Waals surface area (Å²) in [5.74, 6) is 1.69. The van der Waals surface area contributed by atoms with Crippen molar-refractivity contribution in [3.63, 3.8) is 0 Å². The Kier molecular flexibility index (Phi) is 4.65. The van der Waals surface area contributed by atoms with Crippen molar-refractivity contribution in [2.75, 3.05) is 13.9 Å². The Balaban J connectivity index is 1.49. The molecule has 1 amide bonds. The minimum atomic E-state index is -0.517. The van der Waals surface area contributed by atoms with Gasteiger partial charge >= 0.3 is 5.63 Å². The lowest BCUT2D eigenvalue weighted by molar-refractivity contribution is -0.120. The van der Waals surface area contributed by atoms with Gasteiger partial charge in [0.05, 0.1) is 19.1 Å². The van der Waals surface area contributed by atoms with Crippen LogP contribution in [0, 0.1) is 6.92 Å². The van der Waals surface area contributed by atoms with Crippen molar-refractivity contribution in [3.8, 4) is 17.2 Å². The third kappa shape index (κ3) is 3.38. The van der Waals surface area contributed by atoms with Crippen LogP contribution in [0.1, 0.15) is 16.7 Å². The van der Waals surface area contributed by atoms with Gasteiger partial charge in [0.15, 0.2) is 11.5 Å². The summed E-state index contributed by atoms with van der Waals surface area (Å²) in [7, 11) is 1.55. The highest BCUT2D eigenvalue weighted by Gasteiger charge is 2.16. The number of fused-ring (bicyclic) bond motifs is 2. The number of rotatable bonds is 5. The van der Waals surface area contributed by atoms with E-state index >= 15 is 0 Å². The smallest absolute Gasteiger partial charge is 0.340 e. The molecule has 144 valence electrons.